The van der Waals surface area contributed by atoms with Crippen LogP contribution in [-0.4, -0.2) is 54.8 Å². The van der Waals surface area contributed by atoms with Crippen LogP contribution in [0.3, 0.4) is 0 Å². The van der Waals surface area contributed by atoms with Gasteiger partial charge in [0.25, 0.3) is 11.8 Å². The molecule has 2 fully saturated rings. The van der Waals surface area contributed by atoms with E-state index < -0.39 is 50.7 Å². The highest BCUT2D eigenvalue weighted by Gasteiger charge is 2.76. The number of methoxy groups -OCH3 is 2. The first kappa shape index (κ1) is 27.2. The van der Waals surface area contributed by atoms with E-state index in [2.05, 4.69) is 0 Å². The molecule has 1 aliphatic carbocycles. The highest BCUT2D eigenvalue weighted by molar-refractivity contribution is 6.58. The summed E-state index contributed by atoms with van der Waals surface area (Å²) in [6, 6.07) is 6.31. The van der Waals surface area contributed by atoms with E-state index in [-0.39, 0.29) is 41.5 Å². The molecule has 1 saturated heterocycles. The molecule has 0 bridgehead atoms. The topological polar surface area (TPSA) is 125 Å². The van der Waals surface area contributed by atoms with Gasteiger partial charge < -0.3 is 14.6 Å². The number of ether oxygens (including phenoxy) is 2. The van der Waals surface area contributed by atoms with E-state index in [1.807, 2.05) is 0 Å². The van der Waals surface area contributed by atoms with E-state index in [9.17, 15) is 28.7 Å². The summed E-state index contributed by atoms with van der Waals surface area (Å²) in [4.78, 5) is 51.1. The molecule has 0 unspecified atom stereocenters. The Bertz CT molecular complexity index is 1770. The third-order valence-electron chi connectivity index (χ3n) is 8.17. The molecule has 3 heterocycles. The second kappa shape index (κ2) is 8.98. The number of hydrogen-bond donors (Lipinski definition) is 1. The number of fused-ring (bicyclic) bond motifs is 4. The summed E-state index contributed by atoms with van der Waals surface area (Å²) in [6.07, 6.45) is 1.34. The second-order valence-electron chi connectivity index (χ2n) is 10.1. The smallest absolute Gasteiger partial charge is 0.347 e. The zero-order chi connectivity index (χ0) is 29.6. The van der Waals surface area contributed by atoms with E-state index >= 15 is 0 Å². The van der Waals surface area contributed by atoms with Crippen LogP contribution in [0.4, 0.5) is 10.1 Å². The maximum atomic E-state index is 14.4. The van der Waals surface area contributed by atoms with Crippen LogP contribution in [0.2, 0.25) is 0 Å². The molecule has 14 heteroatoms. The fourth-order valence-electron chi connectivity index (χ4n) is 6.30. The van der Waals surface area contributed by atoms with Crippen molar-refractivity contribution >= 4 is 40.7 Å². The Balaban J connectivity index is 1.68. The molecular formula is C27H23Cl2FN4O7. The number of benzene rings is 2. The summed E-state index contributed by atoms with van der Waals surface area (Å²) in [6.45, 7) is -0.0357. The lowest BCUT2D eigenvalue weighted by molar-refractivity contribution is -0.122. The van der Waals surface area contributed by atoms with Gasteiger partial charge in [0.2, 0.25) is 0 Å². The molecule has 11 nitrogen and oxygen atoms in total. The molecule has 2 aromatic carbocycles. The predicted octanol–water partition coefficient (Wildman–Crippen LogP) is 2.41. The van der Waals surface area contributed by atoms with Crippen LogP contribution in [0.1, 0.15) is 23.9 Å². The summed E-state index contributed by atoms with van der Waals surface area (Å²) in [5, 5.41) is 10.3. The van der Waals surface area contributed by atoms with E-state index in [1.165, 1.54) is 54.9 Å². The number of aromatic hydroxyl groups is 1. The number of hydrogen-bond acceptors (Lipinski definition) is 7. The number of halogens is 3. The van der Waals surface area contributed by atoms with Crippen LogP contribution >= 0.6 is 23.2 Å². The van der Waals surface area contributed by atoms with Crippen molar-refractivity contribution in [2.24, 2.45) is 7.05 Å². The lowest BCUT2D eigenvalue weighted by atomic mass is 9.64. The molecule has 41 heavy (non-hydrogen) atoms. The molecule has 0 radical (unpaired) electrons. The monoisotopic (exact) mass is 604 g/mol. The van der Waals surface area contributed by atoms with Crippen molar-refractivity contribution in [2.45, 2.75) is 34.7 Å². The van der Waals surface area contributed by atoms with Gasteiger partial charge in [-0.25, -0.2) is 32.8 Å². The molecule has 0 spiro atoms. The summed E-state index contributed by atoms with van der Waals surface area (Å²) in [5.74, 6) is -3.63. The number of alkyl halides is 2. The Hall–Kier alpha value is -4.03. The Morgan fingerprint density at radius 3 is 2.17 bits per heavy atom. The molecule has 4 atom stereocenters. The third kappa shape index (κ3) is 3.37. The first-order valence-electron chi connectivity index (χ1n) is 12.5. The minimum absolute atomic E-state index is 0.0357. The van der Waals surface area contributed by atoms with E-state index in [1.54, 1.807) is 6.08 Å². The number of phenolic OH excluding ortho intramolecular Hbond substituents is 1. The molecule has 2 aliphatic heterocycles. The average molecular weight is 605 g/mol. The minimum Gasteiger partial charge on any atom is -0.508 e. The fraction of sp³-hybridized carbons (Fsp3) is 0.333. The normalized spacial score (nSPS) is 26.8. The zero-order valence-electron chi connectivity index (χ0n) is 21.9. The summed E-state index contributed by atoms with van der Waals surface area (Å²) in [7, 11) is 4.01. The number of rotatable bonds is 4. The highest BCUT2D eigenvalue weighted by atomic mass is 35.5. The van der Waals surface area contributed by atoms with Crippen LogP contribution in [0.25, 0.3) is 0 Å². The number of allylic oxidation sites excluding steroid dienone is 2. The largest absolute Gasteiger partial charge is 0.508 e. The molecule has 1 N–H and O–H groups in total. The van der Waals surface area contributed by atoms with Gasteiger partial charge in [0.1, 0.15) is 23.1 Å². The summed E-state index contributed by atoms with van der Waals surface area (Å²) >= 11 is 14.6. The van der Waals surface area contributed by atoms with Gasteiger partial charge in [0, 0.05) is 37.1 Å². The van der Waals surface area contributed by atoms with Crippen molar-refractivity contribution in [3.8, 4) is 17.2 Å². The van der Waals surface area contributed by atoms with Crippen molar-refractivity contribution in [1.82, 2.24) is 13.9 Å². The molecule has 3 aromatic rings. The molecule has 6 rings (SSSR count). The number of anilines is 1. The molecule has 2 amide bonds. The van der Waals surface area contributed by atoms with Crippen LogP contribution < -0.4 is 25.8 Å². The molecular weight excluding hydrogens is 582 g/mol. The maximum Gasteiger partial charge on any atom is 0.347 e. The molecule has 214 valence electrons. The fourth-order valence-corrected chi connectivity index (χ4v) is 7.19. The van der Waals surface area contributed by atoms with Gasteiger partial charge in [-0.2, -0.15) is 0 Å². The first-order valence-corrected chi connectivity index (χ1v) is 13.2. The zero-order valence-corrected chi connectivity index (χ0v) is 23.4. The van der Waals surface area contributed by atoms with Crippen molar-refractivity contribution in [3.63, 3.8) is 0 Å². The Labute approximate surface area is 241 Å². The van der Waals surface area contributed by atoms with E-state index in [4.69, 9.17) is 32.7 Å². The number of amides is 2. The maximum absolute atomic E-state index is 14.4. The predicted molar refractivity (Wildman–Crippen MR) is 146 cm³/mol. The van der Waals surface area contributed by atoms with Gasteiger partial charge in [-0.1, -0.05) is 6.08 Å². The second-order valence-corrected chi connectivity index (χ2v) is 11.3. The van der Waals surface area contributed by atoms with Crippen molar-refractivity contribution in [3.05, 3.63) is 80.4 Å². The number of imide groups is 1. The Morgan fingerprint density at radius 2 is 1.59 bits per heavy atom. The number of carbonyl (C=O) groups is 2. The third-order valence-corrected chi connectivity index (χ3v) is 9.59. The Morgan fingerprint density at radius 1 is 0.976 bits per heavy atom. The summed E-state index contributed by atoms with van der Waals surface area (Å²) in [5.41, 5.74) is -0.553. The SMILES string of the molecule is COc1cc(O)cc(OC)c1[C@H]1C2=CCn3c(=O)n(C)c(=O)n3[C@@H]2C[C@@]2(Cl)C(=O)N(c3ccc(F)cc3)C(=O)[C@@]12Cl. The van der Waals surface area contributed by atoms with E-state index in [0.29, 0.717) is 5.57 Å². The van der Waals surface area contributed by atoms with Crippen molar-refractivity contribution < 1.29 is 28.6 Å². The number of aromatic nitrogens is 3. The molecule has 1 aromatic heterocycles. The number of nitrogens with zero attached hydrogens (tertiary/aromatic N) is 4. The Kier molecular flexibility index (Phi) is 5.95. The minimum atomic E-state index is -2.21. The molecule has 1 saturated carbocycles. The van der Waals surface area contributed by atoms with Gasteiger partial charge in [-0.15, -0.1) is 23.2 Å². The standard InChI is InChI=1S/C27H23Cl2FN4O7/c1-31-24(38)32-9-8-16-17(34(32)25(31)39)12-26(28)22(36)33(14-6-4-13(30)5-7-14)23(37)27(26,29)21(16)20-18(40-2)10-15(35)11-19(20)41-3/h4-8,10-11,17,21,35H,9,12H2,1-3H3/t17-,21-,26-,27+/m1/s1. The van der Waals surface area contributed by atoms with Gasteiger partial charge in [0.05, 0.1) is 32.5 Å². The average Bonchev–Trinajstić information content (AvgIpc) is 3.26. The highest BCUT2D eigenvalue weighted by Crippen LogP contribution is 2.65. The van der Waals surface area contributed by atoms with Crippen molar-refractivity contribution in [2.75, 3.05) is 19.1 Å². The number of carbonyl (C=O) groups excluding carboxylic acids is 2. The lowest BCUT2D eigenvalue weighted by Crippen LogP contribution is -2.59. The quantitative estimate of drug-likeness (QED) is 0.275. The van der Waals surface area contributed by atoms with Crippen LogP contribution in [0, 0.1) is 5.82 Å². The van der Waals surface area contributed by atoms with E-state index in [0.717, 1.165) is 21.6 Å². The van der Waals surface area contributed by atoms with Crippen LogP contribution in [0.5, 0.6) is 17.2 Å². The van der Waals surface area contributed by atoms with Crippen LogP contribution in [-0.2, 0) is 23.2 Å². The van der Waals surface area contributed by atoms with Gasteiger partial charge >= 0.3 is 11.4 Å². The lowest BCUT2D eigenvalue weighted by Gasteiger charge is -2.49. The van der Waals surface area contributed by atoms with Crippen LogP contribution in [0.15, 0.2) is 57.6 Å². The first-order chi connectivity index (χ1) is 19.4. The van der Waals surface area contributed by atoms with Gasteiger partial charge in [0.15, 0.2) is 9.75 Å². The number of phenols is 1. The van der Waals surface area contributed by atoms with Gasteiger partial charge in [-0.3, -0.25) is 9.59 Å². The van der Waals surface area contributed by atoms with Gasteiger partial charge in [-0.05, 0) is 29.8 Å². The van der Waals surface area contributed by atoms with Crippen molar-refractivity contribution in [1.29, 1.82) is 0 Å². The molecule has 3 aliphatic rings. The summed E-state index contributed by atoms with van der Waals surface area (Å²) < 4.78 is 28.3.